The Morgan fingerprint density at radius 2 is 0.922 bits per heavy atom. The number of hydrogen-bond acceptors (Lipinski definition) is 26. The lowest BCUT2D eigenvalue weighted by atomic mass is 10.2. The molecule has 8 aromatic rings. The molecule has 0 spiro atoms. The van der Waals surface area contributed by atoms with Crippen molar-refractivity contribution < 1.29 is 85.3 Å². The van der Waals surface area contributed by atoms with Gasteiger partial charge in [0.1, 0.15) is 0 Å². The molecule has 0 bridgehead atoms. The van der Waals surface area contributed by atoms with Gasteiger partial charge in [-0.05, 0) is 95.6 Å². The lowest BCUT2D eigenvalue weighted by Crippen LogP contribution is -2.47. The molecule has 0 saturated carbocycles. The number of nitrogens with one attached hydrogen (secondary N) is 7. The molecular weight excluding hydrogens is 1390 g/mol. The Labute approximate surface area is 573 Å². The fraction of sp³-hybridized carbons (Fsp3) is 0.377. The van der Waals surface area contributed by atoms with Crippen LogP contribution in [0.2, 0.25) is 0 Å². The van der Waals surface area contributed by atoms with Crippen molar-refractivity contribution in [2.75, 3.05) is 89.1 Å². The molecule has 0 aliphatic rings. The van der Waals surface area contributed by atoms with Crippen LogP contribution in [0.1, 0.15) is 47.1 Å². The fourth-order valence-corrected chi connectivity index (χ4v) is 7.28. The third-order valence-electron chi connectivity index (χ3n) is 12.7. The van der Waals surface area contributed by atoms with Gasteiger partial charge in [0.2, 0.25) is 47.6 Å². The predicted octanol–water partition coefficient (Wildman–Crippen LogP) is 14.2. The average Bonchev–Trinajstić information content (AvgIpc) is 0.802. The number of alkyl halides is 14. The van der Waals surface area contributed by atoms with E-state index in [2.05, 4.69) is 108 Å². The van der Waals surface area contributed by atoms with Gasteiger partial charge in [-0.25, -0.2) is 17.6 Å². The third-order valence-corrected chi connectivity index (χ3v) is 12.7. The maximum absolute atomic E-state index is 13.5. The van der Waals surface area contributed by atoms with Gasteiger partial charge in [0.05, 0.1) is 4.92 Å². The second kappa shape index (κ2) is 37.2. The normalized spacial score (nSPS) is 12.6. The summed E-state index contributed by atoms with van der Waals surface area (Å²) in [6.45, 7) is 10.3. The number of aromatic nitrogens is 12. The van der Waals surface area contributed by atoms with Crippen LogP contribution in [-0.4, -0.2) is 166 Å². The molecule has 102 heavy (non-hydrogen) atoms. The molecule has 41 heteroatoms. The number of non-ortho nitro benzene ring substituents is 1. The number of anilines is 12. The van der Waals surface area contributed by atoms with E-state index in [1.165, 1.54) is 31.3 Å². The number of para-hydroxylation sites is 2. The molecule has 8 rings (SSSR count). The van der Waals surface area contributed by atoms with Crippen LogP contribution < -0.4 is 61.1 Å². The first-order chi connectivity index (χ1) is 47.9. The lowest BCUT2D eigenvalue weighted by Gasteiger charge is -2.26. The van der Waals surface area contributed by atoms with Crippen LogP contribution in [-0.2, 0) is 0 Å². The molecule has 4 aromatic heterocycles. The molecule has 4 heterocycles. The van der Waals surface area contributed by atoms with Gasteiger partial charge in [-0.1, -0.05) is 54.6 Å². The lowest BCUT2D eigenvalue weighted by molar-refractivity contribution is -0.384. The van der Waals surface area contributed by atoms with Gasteiger partial charge in [-0.3, -0.25) is 10.1 Å². The highest BCUT2D eigenvalue weighted by Crippen LogP contribution is 2.36. The van der Waals surface area contributed by atoms with Gasteiger partial charge in [0.25, 0.3) is 17.7 Å². The highest BCUT2D eigenvalue weighted by Gasteiger charge is 2.56. The SMILES string of the molecule is C=CCNc1nc(Nc2cccc(C)c2)nc(OC(C)C(F)(F)F)n1.CCN(CC)c1nc(Nc2ccccc2)nc(OC(C(C)(F)F)C(F)(F)F)n1.CNc1nc(Nc2ccc([N+](=O)[O-])cc2)nc(OCC(F)(F)C(C)F)n1.CNc1nc(Nc2ccccc2)nc(OCC(F)(F)C(C)F)n1. The molecule has 4 aromatic carbocycles. The van der Waals surface area contributed by atoms with Crippen LogP contribution in [0.4, 0.5) is 137 Å². The number of nitro benzene ring substituents is 1. The van der Waals surface area contributed by atoms with Crippen LogP contribution in [0, 0.1) is 17.0 Å². The van der Waals surface area contributed by atoms with Crippen molar-refractivity contribution in [1.29, 1.82) is 0 Å². The smallest absolute Gasteiger partial charge is 0.431 e. The first-order valence-electron chi connectivity index (χ1n) is 30.1. The second-order valence-electron chi connectivity index (χ2n) is 20.9. The Morgan fingerprint density at radius 3 is 1.32 bits per heavy atom. The Morgan fingerprint density at radius 1 is 0.520 bits per heavy atom. The van der Waals surface area contributed by atoms with Crippen molar-refractivity contribution in [3.8, 4) is 24.0 Å². The summed E-state index contributed by atoms with van der Waals surface area (Å²) in [5, 5.41) is 30.1. The minimum absolute atomic E-state index is 0.00813. The summed E-state index contributed by atoms with van der Waals surface area (Å²) in [7, 11) is 3.05. The second-order valence-corrected chi connectivity index (χ2v) is 20.9. The van der Waals surface area contributed by atoms with Gasteiger partial charge >= 0.3 is 48.2 Å². The molecule has 27 nitrogen and oxygen atoms in total. The summed E-state index contributed by atoms with van der Waals surface area (Å²) in [6.07, 6.45) is -18.4. The zero-order chi connectivity index (χ0) is 75.6. The molecule has 0 aliphatic carbocycles. The number of halogens is 14. The number of rotatable bonds is 30. The standard InChI is InChI=1S/C17H20F5N5O.C16H18F3N5O.C14H15F3N6O3.C14H16F3N5O/c1-4-27(5-2)14-24-13(23-11-9-7-6-8-10-11)25-15(26-14)28-12(16(3,18)19)17(20,21)22;1-4-8-20-13-22-14(21-12-7-5-6-10(2)9-12)24-15(23-13)25-11(3)16(17,18)19;1-8(15)14(16,17)7-26-13-21-11(18-2)20-12(22-13)19-9-3-5-10(6-4-9)23(24)25;1-9(15)14(16,17)8-23-13-21-11(18-2)20-12(22-13)19-10-6-4-3-5-7-10/h6-10,12H,4-5H2,1-3H3,(H,23,24,25,26);4-7,9,11H,1,8H2,2-3H3,(H2,20,21,22,23,24);3-6,8H,7H2,1-2H3,(H2,18,19,20,21,22);3-7,9H,8H2,1-2H3,(H2,18,19,20,21,22). The van der Waals surface area contributed by atoms with Crippen LogP contribution in [0.25, 0.3) is 0 Å². The zero-order valence-electron chi connectivity index (χ0n) is 55.5. The minimum atomic E-state index is -5.31. The van der Waals surface area contributed by atoms with Gasteiger partial charge < -0.3 is 61.1 Å². The summed E-state index contributed by atoms with van der Waals surface area (Å²) in [4.78, 5) is 58.5. The van der Waals surface area contributed by atoms with Gasteiger partial charge in [0, 0.05) is 75.5 Å². The molecule has 4 atom stereocenters. The Kier molecular flexibility index (Phi) is 29.7. The number of benzene rings is 4. The Bertz CT molecular complexity index is 3900. The topological polar surface area (TPSA) is 322 Å². The van der Waals surface area contributed by atoms with Gasteiger partial charge in [0.15, 0.2) is 31.7 Å². The van der Waals surface area contributed by atoms with Crippen LogP contribution in [0.15, 0.2) is 122 Å². The molecule has 0 amide bonds. The maximum atomic E-state index is 13.5. The number of nitro groups is 1. The van der Waals surface area contributed by atoms with E-state index in [9.17, 15) is 71.6 Å². The monoisotopic (exact) mass is 1460 g/mol. The van der Waals surface area contributed by atoms with Crippen molar-refractivity contribution in [1.82, 2.24) is 59.8 Å². The van der Waals surface area contributed by atoms with E-state index in [0.29, 0.717) is 42.4 Å². The van der Waals surface area contributed by atoms with Gasteiger partial charge in [-0.15, -0.1) is 6.58 Å². The molecule has 552 valence electrons. The van der Waals surface area contributed by atoms with Crippen molar-refractivity contribution in [2.45, 2.75) is 103 Å². The first-order valence-corrected chi connectivity index (χ1v) is 30.1. The highest BCUT2D eigenvalue weighted by molar-refractivity contribution is 5.58. The van der Waals surface area contributed by atoms with Crippen molar-refractivity contribution >= 4 is 76.0 Å². The summed E-state index contributed by atoms with van der Waals surface area (Å²) < 4.78 is 202. The molecule has 0 radical (unpaired) electrons. The summed E-state index contributed by atoms with van der Waals surface area (Å²) in [5.41, 5.74) is 3.26. The maximum Gasteiger partial charge on any atom is 0.431 e. The molecular formula is C61H69F14N21O6. The largest absolute Gasteiger partial charge is 0.457 e. The quantitative estimate of drug-likeness (QED) is 0.00952. The zero-order valence-corrected chi connectivity index (χ0v) is 55.5. The van der Waals surface area contributed by atoms with E-state index in [0.717, 1.165) is 26.3 Å². The fourth-order valence-electron chi connectivity index (χ4n) is 7.28. The number of nitrogens with zero attached hydrogens (tertiary/aromatic N) is 14. The number of ether oxygens (including phenoxy) is 4. The molecule has 4 unspecified atom stereocenters. The minimum Gasteiger partial charge on any atom is -0.457 e. The number of aryl methyl sites for hydroxylation is 1. The molecule has 7 N–H and O–H groups in total. The van der Waals surface area contributed by atoms with Crippen LogP contribution in [0.3, 0.4) is 0 Å². The van der Waals surface area contributed by atoms with E-state index < -0.39 is 90.8 Å². The molecule has 0 fully saturated rings. The number of hydrogen-bond donors (Lipinski definition) is 7. The third kappa shape index (κ3) is 27.1. The highest BCUT2D eigenvalue weighted by atomic mass is 19.4. The summed E-state index contributed by atoms with van der Waals surface area (Å²) in [6, 6.07) is 28.3. The average molecular weight is 1460 g/mol. The predicted molar refractivity (Wildman–Crippen MR) is 350 cm³/mol. The van der Waals surface area contributed by atoms with Crippen LogP contribution >= 0.6 is 0 Å². The van der Waals surface area contributed by atoms with Crippen molar-refractivity contribution in [3.05, 3.63) is 138 Å². The van der Waals surface area contributed by atoms with Crippen molar-refractivity contribution in [3.63, 3.8) is 0 Å². The van der Waals surface area contributed by atoms with Crippen LogP contribution in [0.5, 0.6) is 24.0 Å². The first kappa shape index (κ1) is 81.4. The molecule has 0 aliphatic heterocycles. The van der Waals surface area contributed by atoms with E-state index in [-0.39, 0.29) is 66.2 Å². The van der Waals surface area contributed by atoms with E-state index >= 15 is 0 Å². The Balaban J connectivity index is 0.000000245. The summed E-state index contributed by atoms with van der Waals surface area (Å²) in [5.74, 6) is -11.3. The van der Waals surface area contributed by atoms with Gasteiger partial charge in [-0.2, -0.15) is 104 Å². The van der Waals surface area contributed by atoms with E-state index in [1.807, 2.05) is 43.3 Å². The molecule has 0 saturated heterocycles. The van der Waals surface area contributed by atoms with E-state index in [1.54, 1.807) is 80.4 Å². The summed E-state index contributed by atoms with van der Waals surface area (Å²) >= 11 is 0. The van der Waals surface area contributed by atoms with E-state index in [4.69, 9.17) is 14.2 Å². The van der Waals surface area contributed by atoms with Crippen molar-refractivity contribution in [2.24, 2.45) is 0 Å². The Hall–Kier alpha value is -11.3.